The van der Waals surface area contributed by atoms with Crippen LogP contribution in [0.4, 0.5) is 5.69 Å². The van der Waals surface area contributed by atoms with Crippen LogP contribution in [-0.2, 0) is 26.7 Å². The maximum Gasteiger partial charge on any atom is 0.264 e. The number of nitrogens with zero attached hydrogens (tertiary/aromatic N) is 2. The van der Waals surface area contributed by atoms with Crippen LogP contribution in [0, 0.1) is 11.8 Å². The maximum absolute atomic E-state index is 13.6. The van der Waals surface area contributed by atoms with Gasteiger partial charge >= 0.3 is 0 Å². The number of benzene rings is 2. The van der Waals surface area contributed by atoms with Gasteiger partial charge < -0.3 is 19.6 Å². The van der Waals surface area contributed by atoms with E-state index < -0.39 is 27.3 Å². The number of anilines is 1. The molecule has 0 unspecified atom stereocenters. The van der Waals surface area contributed by atoms with E-state index in [1.165, 1.54) is 16.0 Å². The number of sulfonamides is 1. The predicted molar refractivity (Wildman–Crippen MR) is 179 cm³/mol. The zero-order chi connectivity index (χ0) is 32.6. The summed E-state index contributed by atoms with van der Waals surface area (Å²) in [6, 6.07) is 11.2. The highest BCUT2D eigenvalue weighted by atomic mass is 35.5. The van der Waals surface area contributed by atoms with Crippen molar-refractivity contribution < 1.29 is 27.9 Å². The number of aryl methyl sites for hydroxylation is 1. The van der Waals surface area contributed by atoms with Crippen molar-refractivity contribution in [2.75, 3.05) is 38.7 Å². The van der Waals surface area contributed by atoms with Crippen LogP contribution in [-0.4, -0.2) is 75.4 Å². The number of carbonyl (C=O) groups is 2. The molecule has 5 atom stereocenters. The third-order valence-corrected chi connectivity index (χ3v) is 12.6. The second-order valence-corrected chi connectivity index (χ2v) is 16.1. The molecule has 6 rings (SSSR count). The van der Waals surface area contributed by atoms with E-state index in [9.17, 15) is 23.1 Å². The number of allylic oxidation sites excluding steroid dienone is 1. The van der Waals surface area contributed by atoms with E-state index in [1.54, 1.807) is 38.4 Å². The number of aliphatic hydroxyl groups is 1. The molecule has 2 amide bonds. The van der Waals surface area contributed by atoms with Gasteiger partial charge in [0.1, 0.15) is 5.75 Å². The molecule has 1 fully saturated rings. The van der Waals surface area contributed by atoms with Crippen molar-refractivity contribution in [1.29, 1.82) is 0 Å². The Labute approximate surface area is 277 Å². The number of halogens is 1. The summed E-state index contributed by atoms with van der Waals surface area (Å²) in [5.41, 5.74) is 3.15. The van der Waals surface area contributed by atoms with Crippen molar-refractivity contribution >= 4 is 39.1 Å². The van der Waals surface area contributed by atoms with Gasteiger partial charge in [0, 0.05) is 49.6 Å². The Hall–Kier alpha value is -3.08. The topological polar surface area (TPSA) is 116 Å². The van der Waals surface area contributed by atoms with Crippen LogP contribution in [0.3, 0.4) is 0 Å². The standard InChI is InChI=1S/C35H44ClN3O6S/c1-38(2)33(41)16-12-27-7-3-4-8-31(40)28-13-9-25(28)20-39-21-35(17-5-6-23-18-26(36)11-14-29(23)35)22-45-32-15-10-24(19-30(32)39)34(42)37-46(27,43)44/h4,8,10-11,14-15,18-19,25,27-28,31,40H,3,5-7,9,12-13,16-17,20-22H2,1-2H3,(H,37,42)/b8-4+/t25-,27+,28+,31-,35-/m0/s1. The highest BCUT2D eigenvalue weighted by molar-refractivity contribution is 7.90. The number of ether oxygens (including phenoxy) is 1. The first-order valence-electron chi connectivity index (χ1n) is 16.4. The summed E-state index contributed by atoms with van der Waals surface area (Å²) >= 11 is 6.40. The molecule has 9 nitrogen and oxygen atoms in total. The molecule has 46 heavy (non-hydrogen) atoms. The van der Waals surface area contributed by atoms with Crippen LogP contribution in [0.25, 0.3) is 0 Å². The molecular weight excluding hydrogens is 626 g/mol. The number of hydrogen-bond donors (Lipinski definition) is 2. The molecule has 0 saturated heterocycles. The highest BCUT2D eigenvalue weighted by Crippen LogP contribution is 2.46. The van der Waals surface area contributed by atoms with Gasteiger partial charge in [-0.15, -0.1) is 0 Å². The van der Waals surface area contributed by atoms with Crippen molar-refractivity contribution in [2.45, 2.75) is 74.6 Å². The average Bonchev–Trinajstić information content (AvgIpc) is 3.14. The minimum atomic E-state index is -4.12. The highest BCUT2D eigenvalue weighted by Gasteiger charge is 2.44. The van der Waals surface area contributed by atoms with E-state index in [-0.39, 0.29) is 48.0 Å². The molecular formula is C35H44ClN3O6S. The second kappa shape index (κ2) is 13.2. The summed E-state index contributed by atoms with van der Waals surface area (Å²) in [4.78, 5) is 29.6. The van der Waals surface area contributed by atoms with E-state index in [1.807, 2.05) is 12.1 Å². The molecule has 0 aromatic heterocycles. The zero-order valence-electron chi connectivity index (χ0n) is 26.6. The quantitative estimate of drug-likeness (QED) is 0.449. The Morgan fingerprint density at radius 1 is 1.17 bits per heavy atom. The summed E-state index contributed by atoms with van der Waals surface area (Å²) < 4.78 is 36.0. The first kappa shape index (κ1) is 32.8. The van der Waals surface area contributed by atoms with Gasteiger partial charge in [0.2, 0.25) is 15.9 Å². The number of nitrogens with one attached hydrogen (secondary N) is 1. The normalized spacial score (nSPS) is 29.7. The van der Waals surface area contributed by atoms with E-state index in [0.29, 0.717) is 31.9 Å². The molecule has 2 aromatic carbocycles. The van der Waals surface area contributed by atoms with Crippen LogP contribution < -0.4 is 14.4 Å². The number of rotatable bonds is 3. The first-order chi connectivity index (χ1) is 22.0. The smallest absolute Gasteiger partial charge is 0.264 e. The van der Waals surface area contributed by atoms with Gasteiger partial charge in [-0.2, -0.15) is 0 Å². The average molecular weight is 670 g/mol. The summed E-state index contributed by atoms with van der Waals surface area (Å²) in [7, 11) is -0.855. The molecule has 2 N–H and O–H groups in total. The van der Waals surface area contributed by atoms with E-state index in [2.05, 4.69) is 21.8 Å². The Bertz CT molecular complexity index is 1630. The van der Waals surface area contributed by atoms with Gasteiger partial charge in [0.15, 0.2) is 0 Å². The van der Waals surface area contributed by atoms with Gasteiger partial charge in [0.25, 0.3) is 5.91 Å². The summed E-state index contributed by atoms with van der Waals surface area (Å²) in [6.45, 7) is 1.81. The van der Waals surface area contributed by atoms with E-state index in [4.69, 9.17) is 16.3 Å². The predicted octanol–water partition coefficient (Wildman–Crippen LogP) is 4.85. The summed E-state index contributed by atoms with van der Waals surface area (Å²) in [5, 5.41) is 11.0. The monoisotopic (exact) mass is 669 g/mol. The third-order valence-electron chi connectivity index (χ3n) is 10.5. The van der Waals surface area contributed by atoms with Gasteiger partial charge in [0.05, 0.1) is 23.6 Å². The van der Waals surface area contributed by atoms with E-state index in [0.717, 1.165) is 42.8 Å². The fraction of sp³-hybridized carbons (Fsp3) is 0.543. The maximum atomic E-state index is 13.6. The molecule has 2 aromatic rings. The Kier molecular flexibility index (Phi) is 9.43. The fourth-order valence-corrected chi connectivity index (χ4v) is 9.32. The van der Waals surface area contributed by atoms with Crippen molar-refractivity contribution in [3.8, 4) is 5.75 Å². The van der Waals surface area contributed by atoms with Crippen molar-refractivity contribution in [3.05, 3.63) is 70.3 Å². The van der Waals surface area contributed by atoms with Crippen LogP contribution in [0.5, 0.6) is 5.75 Å². The fourth-order valence-electron chi connectivity index (χ4n) is 7.70. The Morgan fingerprint density at radius 3 is 2.76 bits per heavy atom. The molecule has 1 saturated carbocycles. The van der Waals surface area contributed by atoms with Crippen molar-refractivity contribution in [3.63, 3.8) is 0 Å². The lowest BCUT2D eigenvalue weighted by Gasteiger charge is -2.45. The third kappa shape index (κ3) is 6.66. The van der Waals surface area contributed by atoms with Crippen molar-refractivity contribution in [1.82, 2.24) is 9.62 Å². The molecule has 2 aliphatic heterocycles. The minimum absolute atomic E-state index is 0.0467. The molecule has 1 spiro atoms. The number of fused-ring (bicyclic) bond motifs is 4. The SMILES string of the molecule is CN(C)C(=O)CC[C@H]1CC/C=C/[C@H](O)[C@@H]2CC[C@H]2CN2C[C@@]3(CCCc4cc(Cl)ccc43)COc3ccc(cc32)C(=O)NS1(=O)=O. The Morgan fingerprint density at radius 2 is 2.00 bits per heavy atom. The molecule has 2 heterocycles. The van der Waals surface area contributed by atoms with Gasteiger partial charge in [-0.1, -0.05) is 29.8 Å². The molecule has 4 aliphatic rings. The molecule has 2 aliphatic carbocycles. The molecule has 248 valence electrons. The lowest BCUT2D eigenvalue weighted by molar-refractivity contribution is -0.128. The zero-order valence-corrected chi connectivity index (χ0v) is 28.2. The molecule has 11 heteroatoms. The van der Waals surface area contributed by atoms with E-state index >= 15 is 0 Å². The number of hydrogen-bond acceptors (Lipinski definition) is 7. The Balaban J connectivity index is 1.37. The van der Waals surface area contributed by atoms with Crippen LogP contribution in [0.2, 0.25) is 5.02 Å². The van der Waals surface area contributed by atoms with Gasteiger partial charge in [-0.3, -0.25) is 9.59 Å². The lowest BCUT2D eigenvalue weighted by Crippen LogP contribution is -2.49. The first-order valence-corrected chi connectivity index (χ1v) is 18.3. The summed E-state index contributed by atoms with van der Waals surface area (Å²) in [5.74, 6) is 0.0844. The van der Waals surface area contributed by atoms with Crippen LogP contribution in [0.1, 0.15) is 72.9 Å². The van der Waals surface area contributed by atoms with Crippen LogP contribution >= 0.6 is 11.6 Å². The number of carbonyl (C=O) groups excluding carboxylic acids is 2. The minimum Gasteiger partial charge on any atom is -0.490 e. The molecule has 0 radical (unpaired) electrons. The van der Waals surface area contributed by atoms with Crippen molar-refractivity contribution in [2.24, 2.45) is 11.8 Å². The van der Waals surface area contributed by atoms with Gasteiger partial charge in [-0.05, 0) is 105 Å². The largest absolute Gasteiger partial charge is 0.490 e. The van der Waals surface area contributed by atoms with Gasteiger partial charge in [-0.25, -0.2) is 13.1 Å². The second-order valence-electron chi connectivity index (χ2n) is 13.7. The number of amides is 2. The lowest BCUT2D eigenvalue weighted by atomic mass is 9.68. The van der Waals surface area contributed by atoms with Crippen LogP contribution in [0.15, 0.2) is 48.6 Å². The summed E-state index contributed by atoms with van der Waals surface area (Å²) in [6.07, 6.45) is 8.53. The number of aliphatic hydroxyl groups excluding tert-OH is 1. The molecule has 2 bridgehead atoms.